The molecular weight excluding hydrogens is 430 g/mol. The third-order valence-corrected chi connectivity index (χ3v) is 4.66. The zero-order chi connectivity index (χ0) is 24.4. The van der Waals surface area contributed by atoms with Crippen molar-refractivity contribution >= 4 is 29.9 Å². The Morgan fingerprint density at radius 1 is 1.00 bits per heavy atom. The van der Waals surface area contributed by atoms with Gasteiger partial charge in [-0.1, -0.05) is 30.3 Å². The first-order valence-corrected chi connectivity index (χ1v) is 10.9. The highest BCUT2D eigenvalue weighted by Gasteiger charge is 2.38. The molecule has 0 saturated carbocycles. The molecule has 180 valence electrons. The van der Waals surface area contributed by atoms with Crippen molar-refractivity contribution in [2.75, 3.05) is 6.54 Å². The Kier molecular flexibility index (Phi) is 9.38. The number of alkyl carbamates (subject to hydrolysis) is 2. The maximum atomic E-state index is 12.8. The largest absolute Gasteiger partial charge is 0.445 e. The summed E-state index contributed by atoms with van der Waals surface area (Å²) in [5.74, 6) is -1.93. The van der Waals surface area contributed by atoms with E-state index in [1.54, 1.807) is 20.8 Å². The minimum atomic E-state index is -1.10. The second-order valence-electron chi connectivity index (χ2n) is 8.64. The Balaban J connectivity index is 1.82. The van der Waals surface area contributed by atoms with Gasteiger partial charge in [-0.05, 0) is 45.6 Å². The molecule has 5 amide bonds. The molecule has 10 heteroatoms. The molecule has 10 nitrogen and oxygen atoms in total. The molecule has 0 spiro atoms. The molecule has 0 radical (unpaired) electrons. The fourth-order valence-electron chi connectivity index (χ4n) is 3.12. The molecule has 0 aliphatic carbocycles. The van der Waals surface area contributed by atoms with Gasteiger partial charge >= 0.3 is 12.2 Å². The van der Waals surface area contributed by atoms with Crippen molar-refractivity contribution in [2.45, 2.75) is 71.1 Å². The molecule has 1 aromatic carbocycles. The molecular formula is C23H31N3O7. The van der Waals surface area contributed by atoms with E-state index in [9.17, 15) is 24.0 Å². The van der Waals surface area contributed by atoms with Crippen LogP contribution in [0.25, 0.3) is 0 Å². The van der Waals surface area contributed by atoms with Crippen molar-refractivity contribution in [3.05, 3.63) is 35.9 Å². The first-order chi connectivity index (χ1) is 15.6. The lowest BCUT2D eigenvalue weighted by Gasteiger charge is -2.25. The highest BCUT2D eigenvalue weighted by atomic mass is 16.6. The Morgan fingerprint density at radius 2 is 1.64 bits per heavy atom. The molecule has 0 aromatic heterocycles. The number of amides is 5. The second-order valence-corrected chi connectivity index (χ2v) is 8.64. The summed E-state index contributed by atoms with van der Waals surface area (Å²) in [4.78, 5) is 61.2. The van der Waals surface area contributed by atoms with Gasteiger partial charge in [-0.3, -0.25) is 14.4 Å². The van der Waals surface area contributed by atoms with Crippen LogP contribution in [-0.2, 0) is 30.5 Å². The molecule has 1 atom stereocenters. The zero-order valence-corrected chi connectivity index (χ0v) is 19.2. The van der Waals surface area contributed by atoms with Crippen LogP contribution in [0.5, 0.6) is 0 Å². The number of rotatable bonds is 9. The van der Waals surface area contributed by atoms with Crippen LogP contribution in [0, 0.1) is 0 Å². The summed E-state index contributed by atoms with van der Waals surface area (Å²) in [5.41, 5.74) is 0.0919. The monoisotopic (exact) mass is 461 g/mol. The first-order valence-electron chi connectivity index (χ1n) is 10.9. The molecule has 2 N–H and O–H groups in total. The topological polar surface area (TPSA) is 131 Å². The van der Waals surface area contributed by atoms with Crippen LogP contribution in [0.3, 0.4) is 0 Å². The van der Waals surface area contributed by atoms with E-state index in [1.165, 1.54) is 0 Å². The van der Waals surface area contributed by atoms with Crippen molar-refractivity contribution in [1.29, 1.82) is 0 Å². The molecule has 1 saturated heterocycles. The van der Waals surface area contributed by atoms with E-state index in [0.717, 1.165) is 5.56 Å². The maximum Gasteiger partial charge on any atom is 0.408 e. The number of likely N-dealkylation sites (tertiary alicyclic amines) is 1. The van der Waals surface area contributed by atoms with Crippen LogP contribution >= 0.6 is 0 Å². The van der Waals surface area contributed by atoms with Crippen molar-refractivity contribution in [1.82, 2.24) is 15.5 Å². The van der Waals surface area contributed by atoms with Gasteiger partial charge in [0.25, 0.3) is 5.91 Å². The smallest absolute Gasteiger partial charge is 0.408 e. The molecule has 1 heterocycles. The van der Waals surface area contributed by atoms with Gasteiger partial charge in [0.05, 0.1) is 0 Å². The van der Waals surface area contributed by atoms with Gasteiger partial charge in [-0.2, -0.15) is 0 Å². The minimum absolute atomic E-state index is 0.0290. The normalized spacial score (nSPS) is 14.6. The molecule has 33 heavy (non-hydrogen) atoms. The van der Waals surface area contributed by atoms with Gasteiger partial charge in [-0.25, -0.2) is 14.5 Å². The number of ether oxygens (including phenoxy) is 2. The number of hydrogen-bond acceptors (Lipinski definition) is 7. The minimum Gasteiger partial charge on any atom is -0.445 e. The summed E-state index contributed by atoms with van der Waals surface area (Å²) in [7, 11) is 0. The van der Waals surface area contributed by atoms with Crippen molar-refractivity contribution in [3.8, 4) is 0 Å². The third-order valence-electron chi connectivity index (χ3n) is 4.66. The average Bonchev–Trinajstić information content (AvgIpc) is 3.08. The summed E-state index contributed by atoms with van der Waals surface area (Å²) < 4.78 is 10.3. The fourth-order valence-corrected chi connectivity index (χ4v) is 3.12. The number of hydrogen-bond donors (Lipinski definition) is 2. The maximum absolute atomic E-state index is 12.8. The quantitative estimate of drug-likeness (QED) is 0.427. The standard InChI is InChI=1S/C23H31N3O7/c1-23(2,3)33-22(31)25-17(20(29)26-18(27)12-13-19(26)28)11-7-8-14-24-21(30)32-15-16-9-5-4-6-10-16/h4-6,9-10,17H,7-8,11-15H2,1-3H3,(H,24,30)(H,25,31)/t17-/m0/s1. The van der Waals surface area contributed by atoms with Crippen LogP contribution in [-0.4, -0.2) is 53.0 Å². The molecule has 0 unspecified atom stereocenters. The van der Waals surface area contributed by atoms with E-state index in [1.807, 2.05) is 30.3 Å². The number of carbonyl (C=O) groups is 5. The average molecular weight is 462 g/mol. The van der Waals surface area contributed by atoms with Crippen LogP contribution in [0.1, 0.15) is 58.4 Å². The van der Waals surface area contributed by atoms with Gasteiger partial charge < -0.3 is 20.1 Å². The summed E-state index contributed by atoms with van der Waals surface area (Å²) in [5, 5.41) is 5.08. The molecule has 0 bridgehead atoms. The number of benzene rings is 1. The molecule has 1 aliphatic rings. The van der Waals surface area contributed by atoms with E-state index in [-0.39, 0.29) is 25.9 Å². The molecule has 1 aromatic rings. The lowest BCUT2D eigenvalue weighted by Crippen LogP contribution is -2.51. The van der Waals surface area contributed by atoms with E-state index in [4.69, 9.17) is 9.47 Å². The number of unbranched alkanes of at least 4 members (excludes halogenated alkanes) is 1. The van der Waals surface area contributed by atoms with Crippen LogP contribution in [0.4, 0.5) is 9.59 Å². The van der Waals surface area contributed by atoms with Crippen molar-refractivity contribution in [2.24, 2.45) is 0 Å². The Bertz CT molecular complexity index is 849. The highest BCUT2D eigenvalue weighted by molar-refractivity contribution is 6.16. The Labute approximate surface area is 193 Å². The number of imide groups is 3. The van der Waals surface area contributed by atoms with Gasteiger partial charge in [-0.15, -0.1) is 0 Å². The second kappa shape index (κ2) is 12.0. The van der Waals surface area contributed by atoms with Gasteiger partial charge in [0.15, 0.2) is 0 Å². The SMILES string of the molecule is CC(C)(C)OC(=O)N[C@@H](CCCCNC(=O)OCc1ccccc1)C(=O)N1C(=O)CCC1=O. The number of nitrogens with one attached hydrogen (secondary N) is 2. The highest BCUT2D eigenvalue weighted by Crippen LogP contribution is 2.16. The van der Waals surface area contributed by atoms with Crippen LogP contribution < -0.4 is 10.6 Å². The molecule has 2 rings (SSSR count). The van der Waals surface area contributed by atoms with E-state index in [0.29, 0.717) is 24.3 Å². The Hall–Kier alpha value is -3.43. The molecule has 1 aliphatic heterocycles. The first kappa shape index (κ1) is 25.8. The van der Waals surface area contributed by atoms with Gasteiger partial charge in [0.1, 0.15) is 18.2 Å². The summed E-state index contributed by atoms with van der Waals surface area (Å²) in [6, 6.07) is 8.16. The Morgan fingerprint density at radius 3 is 2.24 bits per heavy atom. The predicted molar refractivity (Wildman–Crippen MR) is 118 cm³/mol. The zero-order valence-electron chi connectivity index (χ0n) is 19.2. The van der Waals surface area contributed by atoms with Crippen molar-refractivity contribution < 1.29 is 33.4 Å². The van der Waals surface area contributed by atoms with Gasteiger partial charge in [0, 0.05) is 19.4 Å². The van der Waals surface area contributed by atoms with E-state index >= 15 is 0 Å². The lowest BCUT2D eigenvalue weighted by molar-refractivity contribution is -0.150. The van der Waals surface area contributed by atoms with Crippen LogP contribution in [0.2, 0.25) is 0 Å². The van der Waals surface area contributed by atoms with Crippen LogP contribution in [0.15, 0.2) is 30.3 Å². The summed E-state index contributed by atoms with van der Waals surface area (Å²) in [6.45, 7) is 5.49. The predicted octanol–water partition coefficient (Wildman–Crippen LogP) is 2.65. The van der Waals surface area contributed by atoms with Crippen molar-refractivity contribution in [3.63, 3.8) is 0 Å². The van der Waals surface area contributed by atoms with E-state index < -0.39 is 41.6 Å². The number of carbonyl (C=O) groups excluding carboxylic acids is 5. The fraction of sp³-hybridized carbons (Fsp3) is 0.522. The third kappa shape index (κ3) is 8.91. The lowest BCUT2D eigenvalue weighted by atomic mass is 10.1. The van der Waals surface area contributed by atoms with E-state index in [2.05, 4.69) is 10.6 Å². The molecule has 1 fully saturated rings. The summed E-state index contributed by atoms with van der Waals surface area (Å²) in [6.07, 6.45) is -0.356. The van der Waals surface area contributed by atoms with Gasteiger partial charge in [0.2, 0.25) is 11.8 Å². The summed E-state index contributed by atoms with van der Waals surface area (Å²) >= 11 is 0. The number of nitrogens with zero attached hydrogens (tertiary/aromatic N) is 1.